The van der Waals surface area contributed by atoms with Gasteiger partial charge in [0.15, 0.2) is 0 Å². The highest BCUT2D eigenvalue weighted by Gasteiger charge is 2.34. The van der Waals surface area contributed by atoms with Crippen LogP contribution in [0.1, 0.15) is 5.56 Å². The molecule has 0 heterocycles. The van der Waals surface area contributed by atoms with E-state index in [1.807, 2.05) is 0 Å². The molecular weight excluding hydrogens is 350 g/mol. The Hall–Kier alpha value is -0.950. The molecule has 0 aromatic heterocycles. The molecule has 1 aromatic carbocycles. The van der Waals surface area contributed by atoms with E-state index in [0.29, 0.717) is 0 Å². The lowest BCUT2D eigenvalue weighted by Crippen LogP contribution is -2.25. The van der Waals surface area contributed by atoms with Crippen LogP contribution >= 0.6 is 27.5 Å². The highest BCUT2D eigenvalue weighted by atomic mass is 79.9. The van der Waals surface area contributed by atoms with Gasteiger partial charge in [-0.2, -0.15) is 13.2 Å². The molecule has 0 fully saturated rings. The van der Waals surface area contributed by atoms with Gasteiger partial charge in [0.05, 0.1) is 23.4 Å². The minimum absolute atomic E-state index is 0.0700. The summed E-state index contributed by atoms with van der Waals surface area (Å²) >= 11 is 8.74. The monoisotopic (exact) mass is 359 g/mol. The number of ether oxygens (including phenoxy) is 1. The number of benzene rings is 1. The summed E-state index contributed by atoms with van der Waals surface area (Å²) in [5, 5.41) is 2.43. The van der Waals surface area contributed by atoms with Crippen LogP contribution in [0.2, 0.25) is 5.02 Å². The lowest BCUT2D eigenvalue weighted by molar-refractivity contribution is -0.139. The third-order valence-electron chi connectivity index (χ3n) is 2.23. The van der Waals surface area contributed by atoms with Crippen molar-refractivity contribution in [2.75, 3.05) is 19.0 Å². The molecule has 0 bridgehead atoms. The fourth-order valence-corrected chi connectivity index (χ4v) is 1.93. The zero-order valence-corrected chi connectivity index (χ0v) is 12.1. The van der Waals surface area contributed by atoms with Crippen LogP contribution in [0.4, 0.5) is 18.9 Å². The zero-order chi connectivity index (χ0) is 14.6. The highest BCUT2D eigenvalue weighted by molar-refractivity contribution is 9.10. The van der Waals surface area contributed by atoms with Crippen molar-refractivity contribution in [3.05, 3.63) is 28.8 Å². The number of halogens is 5. The summed E-state index contributed by atoms with van der Waals surface area (Å²) in [4.78, 5) is 10.4. The topological polar surface area (TPSA) is 38.3 Å². The minimum Gasteiger partial charge on any atom is -0.468 e. The fourth-order valence-electron chi connectivity index (χ4n) is 1.34. The third-order valence-corrected chi connectivity index (χ3v) is 3.25. The summed E-state index contributed by atoms with van der Waals surface area (Å²) in [6.45, 7) is -0.0838. The maximum Gasteiger partial charge on any atom is 0.418 e. The van der Waals surface area contributed by atoms with E-state index in [1.54, 1.807) is 0 Å². The van der Waals surface area contributed by atoms with E-state index in [2.05, 4.69) is 26.0 Å². The first-order chi connectivity index (χ1) is 8.77. The number of esters is 1. The van der Waals surface area contributed by atoms with Crippen LogP contribution in [0.15, 0.2) is 18.2 Å². The first kappa shape index (κ1) is 16.1. The molecule has 1 aromatic rings. The summed E-state index contributed by atoms with van der Waals surface area (Å²) < 4.78 is 42.8. The SMILES string of the molecule is COC(=O)C(Br)CNc1c(Cl)cccc1C(F)(F)F. The summed E-state index contributed by atoms with van der Waals surface area (Å²) in [7, 11) is 1.19. The minimum atomic E-state index is -4.53. The Balaban J connectivity index is 2.92. The standard InChI is InChI=1S/C11H10BrClF3NO2/c1-19-10(18)7(12)5-17-9-6(11(14,15)16)3-2-4-8(9)13/h2-4,7,17H,5H2,1H3. The Morgan fingerprint density at radius 2 is 2.16 bits per heavy atom. The molecule has 3 nitrogen and oxygen atoms in total. The number of methoxy groups -OCH3 is 1. The number of para-hydroxylation sites is 1. The van der Waals surface area contributed by atoms with Gasteiger partial charge in [-0.05, 0) is 12.1 Å². The Kier molecular flexibility index (Phi) is 5.49. The largest absolute Gasteiger partial charge is 0.468 e. The summed E-state index contributed by atoms with van der Waals surface area (Å²) in [6.07, 6.45) is -4.53. The average Bonchev–Trinajstić information content (AvgIpc) is 2.34. The molecule has 0 radical (unpaired) electrons. The van der Waals surface area contributed by atoms with Gasteiger partial charge in [0, 0.05) is 6.54 Å². The quantitative estimate of drug-likeness (QED) is 0.657. The van der Waals surface area contributed by atoms with E-state index in [9.17, 15) is 18.0 Å². The number of anilines is 1. The second-order valence-electron chi connectivity index (χ2n) is 3.53. The van der Waals surface area contributed by atoms with Crippen LogP contribution in [0.3, 0.4) is 0 Å². The van der Waals surface area contributed by atoms with Crippen LogP contribution in [0, 0.1) is 0 Å². The van der Waals surface area contributed by atoms with E-state index in [1.165, 1.54) is 19.2 Å². The predicted molar refractivity (Wildman–Crippen MR) is 69.7 cm³/mol. The van der Waals surface area contributed by atoms with E-state index in [0.717, 1.165) is 6.07 Å². The lowest BCUT2D eigenvalue weighted by Gasteiger charge is -2.17. The Morgan fingerprint density at radius 3 is 2.68 bits per heavy atom. The maximum atomic E-state index is 12.8. The van der Waals surface area contributed by atoms with Crippen molar-refractivity contribution in [1.82, 2.24) is 0 Å². The number of rotatable bonds is 4. The van der Waals surface area contributed by atoms with Gasteiger partial charge < -0.3 is 10.1 Å². The summed E-state index contributed by atoms with van der Waals surface area (Å²) in [5.41, 5.74) is -1.14. The van der Waals surface area contributed by atoms with Crippen molar-refractivity contribution in [2.24, 2.45) is 0 Å². The molecule has 8 heteroatoms. The van der Waals surface area contributed by atoms with Gasteiger partial charge in [-0.25, -0.2) is 0 Å². The molecule has 0 aliphatic carbocycles. The first-order valence-corrected chi connectivity index (χ1v) is 6.38. The smallest absolute Gasteiger partial charge is 0.418 e. The van der Waals surface area contributed by atoms with Crippen molar-refractivity contribution in [1.29, 1.82) is 0 Å². The van der Waals surface area contributed by atoms with Crippen LogP contribution in [-0.4, -0.2) is 24.5 Å². The molecule has 0 aliphatic rings. The molecular formula is C11H10BrClF3NO2. The van der Waals surface area contributed by atoms with Crippen molar-refractivity contribution in [3.8, 4) is 0 Å². The lowest BCUT2D eigenvalue weighted by atomic mass is 10.1. The van der Waals surface area contributed by atoms with E-state index >= 15 is 0 Å². The molecule has 106 valence electrons. The number of carbonyl (C=O) groups is 1. The molecule has 1 atom stereocenters. The van der Waals surface area contributed by atoms with E-state index in [-0.39, 0.29) is 17.3 Å². The van der Waals surface area contributed by atoms with Crippen LogP contribution in [0.25, 0.3) is 0 Å². The normalized spacial score (nSPS) is 12.9. The fraction of sp³-hybridized carbons (Fsp3) is 0.364. The number of nitrogens with one attached hydrogen (secondary N) is 1. The number of hydrogen-bond donors (Lipinski definition) is 1. The van der Waals surface area contributed by atoms with Gasteiger partial charge in [-0.3, -0.25) is 4.79 Å². The van der Waals surface area contributed by atoms with Crippen molar-refractivity contribution in [3.63, 3.8) is 0 Å². The molecule has 1 unspecified atom stereocenters. The van der Waals surface area contributed by atoms with Gasteiger partial charge in [0.25, 0.3) is 0 Å². The predicted octanol–water partition coefficient (Wildman–Crippen LogP) is 3.71. The van der Waals surface area contributed by atoms with Gasteiger partial charge in [-0.1, -0.05) is 33.6 Å². The van der Waals surface area contributed by atoms with Crippen LogP contribution < -0.4 is 5.32 Å². The summed E-state index contributed by atoms with van der Waals surface area (Å²) in [5.74, 6) is -0.590. The zero-order valence-electron chi connectivity index (χ0n) is 9.72. The second kappa shape index (κ2) is 6.47. The van der Waals surface area contributed by atoms with Gasteiger partial charge in [0.2, 0.25) is 0 Å². The number of carbonyl (C=O) groups excluding carboxylic acids is 1. The molecule has 0 saturated heterocycles. The van der Waals surface area contributed by atoms with Gasteiger partial charge in [-0.15, -0.1) is 0 Å². The molecule has 0 spiro atoms. The third kappa shape index (κ3) is 4.28. The molecule has 0 saturated carbocycles. The Morgan fingerprint density at radius 1 is 1.53 bits per heavy atom. The molecule has 1 rings (SSSR count). The van der Waals surface area contributed by atoms with Gasteiger partial charge >= 0.3 is 12.1 Å². The Bertz CT molecular complexity index is 468. The summed E-state index contributed by atoms with van der Waals surface area (Å²) in [6, 6.07) is 3.46. The molecule has 0 amide bonds. The number of hydrogen-bond acceptors (Lipinski definition) is 3. The highest BCUT2D eigenvalue weighted by Crippen LogP contribution is 2.38. The van der Waals surface area contributed by atoms with Crippen molar-refractivity contribution < 1.29 is 22.7 Å². The van der Waals surface area contributed by atoms with Crippen LogP contribution in [-0.2, 0) is 15.7 Å². The second-order valence-corrected chi connectivity index (χ2v) is 5.04. The van der Waals surface area contributed by atoms with E-state index in [4.69, 9.17) is 11.6 Å². The maximum absolute atomic E-state index is 12.8. The van der Waals surface area contributed by atoms with Crippen molar-refractivity contribution >= 4 is 39.2 Å². The molecule has 1 N–H and O–H groups in total. The van der Waals surface area contributed by atoms with Gasteiger partial charge in [0.1, 0.15) is 4.83 Å². The first-order valence-electron chi connectivity index (χ1n) is 5.09. The van der Waals surface area contributed by atoms with Crippen LogP contribution in [0.5, 0.6) is 0 Å². The van der Waals surface area contributed by atoms with E-state index < -0.39 is 22.5 Å². The molecule has 0 aliphatic heterocycles. The number of alkyl halides is 4. The average molecular weight is 361 g/mol. The van der Waals surface area contributed by atoms with Crippen molar-refractivity contribution in [2.45, 2.75) is 11.0 Å². The Labute approximate surface area is 121 Å². The molecule has 19 heavy (non-hydrogen) atoms.